The van der Waals surface area contributed by atoms with Crippen molar-refractivity contribution in [3.05, 3.63) is 65.9 Å². The van der Waals surface area contributed by atoms with E-state index in [1.165, 1.54) is 5.56 Å². The standard InChI is InChI=1S/C17H13N3/c1-12-6-8-14(9-7-12)20-17-13(10-18)11-19-16-5-3-2-4-15(16)17/h2-9,11H,1H3,(H,19,20). The van der Waals surface area contributed by atoms with Crippen LogP contribution in [0.1, 0.15) is 11.1 Å². The largest absolute Gasteiger partial charge is 0.354 e. The van der Waals surface area contributed by atoms with Gasteiger partial charge in [-0.15, -0.1) is 0 Å². The lowest BCUT2D eigenvalue weighted by molar-refractivity contribution is 1.36. The van der Waals surface area contributed by atoms with E-state index >= 15 is 0 Å². The van der Waals surface area contributed by atoms with Gasteiger partial charge in [0.2, 0.25) is 0 Å². The summed E-state index contributed by atoms with van der Waals surface area (Å²) in [4.78, 5) is 4.31. The first kappa shape index (κ1) is 12.2. The van der Waals surface area contributed by atoms with Crippen LogP contribution < -0.4 is 5.32 Å². The van der Waals surface area contributed by atoms with Gasteiger partial charge in [-0.25, -0.2) is 0 Å². The maximum absolute atomic E-state index is 9.27. The summed E-state index contributed by atoms with van der Waals surface area (Å²) in [6, 6.07) is 18.1. The van der Waals surface area contributed by atoms with Crippen molar-refractivity contribution in [2.24, 2.45) is 0 Å². The van der Waals surface area contributed by atoms with Gasteiger partial charge in [0.25, 0.3) is 0 Å². The van der Waals surface area contributed by atoms with E-state index in [9.17, 15) is 5.26 Å². The SMILES string of the molecule is Cc1ccc(Nc2c(C#N)cnc3ccccc23)cc1. The highest BCUT2D eigenvalue weighted by Crippen LogP contribution is 2.28. The van der Waals surface area contributed by atoms with Gasteiger partial charge in [-0.2, -0.15) is 5.26 Å². The Labute approximate surface area is 117 Å². The molecule has 20 heavy (non-hydrogen) atoms. The highest BCUT2D eigenvalue weighted by atomic mass is 14.9. The normalized spacial score (nSPS) is 10.2. The minimum Gasteiger partial charge on any atom is -0.354 e. The van der Waals surface area contributed by atoms with E-state index in [2.05, 4.69) is 16.4 Å². The Hall–Kier alpha value is -2.86. The summed E-state index contributed by atoms with van der Waals surface area (Å²) in [5.41, 5.74) is 4.39. The zero-order chi connectivity index (χ0) is 13.9. The molecule has 0 atom stereocenters. The molecule has 0 aliphatic carbocycles. The first-order chi connectivity index (χ1) is 9.78. The molecule has 0 radical (unpaired) electrons. The third-order valence-electron chi connectivity index (χ3n) is 3.22. The van der Waals surface area contributed by atoms with Crippen LogP contribution in [0.15, 0.2) is 54.7 Å². The lowest BCUT2D eigenvalue weighted by atomic mass is 10.1. The number of para-hydroxylation sites is 1. The number of fused-ring (bicyclic) bond motifs is 1. The third kappa shape index (κ3) is 2.19. The number of benzene rings is 2. The van der Waals surface area contributed by atoms with Crippen molar-refractivity contribution >= 4 is 22.3 Å². The summed E-state index contributed by atoms with van der Waals surface area (Å²) < 4.78 is 0. The number of aromatic nitrogens is 1. The van der Waals surface area contributed by atoms with Crippen molar-refractivity contribution in [2.75, 3.05) is 5.32 Å². The molecule has 2 aromatic carbocycles. The topological polar surface area (TPSA) is 48.7 Å². The molecule has 3 rings (SSSR count). The van der Waals surface area contributed by atoms with Crippen molar-refractivity contribution in [2.45, 2.75) is 6.92 Å². The Balaban J connectivity index is 2.14. The van der Waals surface area contributed by atoms with Crippen molar-refractivity contribution in [1.29, 1.82) is 5.26 Å². The van der Waals surface area contributed by atoms with Crippen molar-refractivity contribution in [1.82, 2.24) is 4.98 Å². The summed E-state index contributed by atoms with van der Waals surface area (Å²) in [5.74, 6) is 0. The number of hydrogen-bond donors (Lipinski definition) is 1. The van der Waals surface area contributed by atoms with Crippen LogP contribution in [0.5, 0.6) is 0 Å². The highest BCUT2D eigenvalue weighted by Gasteiger charge is 2.08. The molecule has 3 nitrogen and oxygen atoms in total. The molecule has 0 spiro atoms. The molecule has 0 aliphatic rings. The van der Waals surface area contributed by atoms with Crippen molar-refractivity contribution < 1.29 is 0 Å². The quantitative estimate of drug-likeness (QED) is 0.751. The maximum Gasteiger partial charge on any atom is 0.103 e. The van der Waals surface area contributed by atoms with E-state index in [4.69, 9.17) is 0 Å². The summed E-state index contributed by atoms with van der Waals surface area (Å²) in [5, 5.41) is 13.6. The van der Waals surface area contributed by atoms with E-state index < -0.39 is 0 Å². The Morgan fingerprint density at radius 3 is 2.55 bits per heavy atom. The Bertz CT molecular complexity index is 799. The lowest BCUT2D eigenvalue weighted by Crippen LogP contribution is -1.96. The second kappa shape index (κ2) is 5.02. The minimum absolute atomic E-state index is 0.546. The average Bonchev–Trinajstić information content (AvgIpc) is 2.50. The molecule has 0 unspecified atom stereocenters. The van der Waals surface area contributed by atoms with E-state index in [0.29, 0.717) is 5.56 Å². The number of anilines is 2. The molecule has 3 aromatic rings. The lowest BCUT2D eigenvalue weighted by Gasteiger charge is -2.11. The fraction of sp³-hybridized carbons (Fsp3) is 0.0588. The van der Waals surface area contributed by atoms with Gasteiger partial charge in [-0.3, -0.25) is 4.98 Å². The van der Waals surface area contributed by atoms with Crippen LogP contribution in [-0.2, 0) is 0 Å². The van der Waals surface area contributed by atoms with E-state index in [-0.39, 0.29) is 0 Å². The number of nitrogens with zero attached hydrogens (tertiary/aromatic N) is 2. The van der Waals surface area contributed by atoms with Gasteiger partial charge in [0, 0.05) is 17.3 Å². The Kier molecular flexibility index (Phi) is 3.06. The van der Waals surface area contributed by atoms with Gasteiger partial charge in [-0.1, -0.05) is 35.9 Å². The molecule has 1 heterocycles. The highest BCUT2D eigenvalue weighted by molar-refractivity contribution is 5.95. The van der Waals surface area contributed by atoms with Crippen LogP contribution in [0.2, 0.25) is 0 Å². The van der Waals surface area contributed by atoms with Gasteiger partial charge in [0.15, 0.2) is 0 Å². The molecular weight excluding hydrogens is 246 g/mol. The van der Waals surface area contributed by atoms with E-state index in [1.54, 1.807) is 6.20 Å². The van der Waals surface area contributed by atoms with Gasteiger partial charge in [0.1, 0.15) is 6.07 Å². The second-order valence-electron chi connectivity index (χ2n) is 4.67. The molecule has 0 saturated carbocycles. The molecule has 0 aliphatic heterocycles. The van der Waals surface area contributed by atoms with Crippen LogP contribution in [-0.4, -0.2) is 4.98 Å². The number of aryl methyl sites for hydroxylation is 1. The fourth-order valence-corrected chi connectivity index (χ4v) is 2.14. The van der Waals surface area contributed by atoms with Gasteiger partial charge >= 0.3 is 0 Å². The predicted molar refractivity (Wildman–Crippen MR) is 80.9 cm³/mol. The van der Waals surface area contributed by atoms with Crippen LogP contribution >= 0.6 is 0 Å². The Morgan fingerprint density at radius 1 is 1.05 bits per heavy atom. The monoisotopic (exact) mass is 259 g/mol. The zero-order valence-electron chi connectivity index (χ0n) is 11.1. The number of rotatable bonds is 2. The number of pyridine rings is 1. The molecule has 3 heteroatoms. The number of hydrogen-bond acceptors (Lipinski definition) is 3. The molecule has 96 valence electrons. The van der Waals surface area contributed by atoms with E-state index in [1.807, 2.05) is 55.5 Å². The van der Waals surface area contributed by atoms with Crippen LogP contribution in [0.4, 0.5) is 11.4 Å². The number of nitrogens with one attached hydrogen (secondary N) is 1. The van der Waals surface area contributed by atoms with E-state index in [0.717, 1.165) is 22.3 Å². The maximum atomic E-state index is 9.27. The minimum atomic E-state index is 0.546. The number of nitriles is 1. The molecule has 0 bridgehead atoms. The first-order valence-electron chi connectivity index (χ1n) is 6.39. The molecule has 1 aromatic heterocycles. The van der Waals surface area contributed by atoms with Crippen molar-refractivity contribution in [3.8, 4) is 6.07 Å². The second-order valence-corrected chi connectivity index (χ2v) is 4.67. The molecule has 0 fully saturated rings. The summed E-state index contributed by atoms with van der Waals surface area (Å²) >= 11 is 0. The fourth-order valence-electron chi connectivity index (χ4n) is 2.14. The van der Waals surface area contributed by atoms with Gasteiger partial charge in [-0.05, 0) is 25.1 Å². The first-order valence-corrected chi connectivity index (χ1v) is 6.39. The summed E-state index contributed by atoms with van der Waals surface area (Å²) in [6.45, 7) is 2.05. The average molecular weight is 259 g/mol. The van der Waals surface area contributed by atoms with Crippen LogP contribution in [0, 0.1) is 18.3 Å². The summed E-state index contributed by atoms with van der Waals surface area (Å²) in [6.07, 6.45) is 1.61. The van der Waals surface area contributed by atoms with Gasteiger partial charge in [0.05, 0.1) is 16.8 Å². The Morgan fingerprint density at radius 2 is 1.80 bits per heavy atom. The van der Waals surface area contributed by atoms with Crippen LogP contribution in [0.3, 0.4) is 0 Å². The smallest absolute Gasteiger partial charge is 0.103 e. The molecular formula is C17H13N3. The summed E-state index contributed by atoms with van der Waals surface area (Å²) in [7, 11) is 0. The predicted octanol–water partition coefficient (Wildman–Crippen LogP) is 4.16. The van der Waals surface area contributed by atoms with Gasteiger partial charge < -0.3 is 5.32 Å². The third-order valence-corrected chi connectivity index (χ3v) is 3.22. The molecule has 1 N–H and O–H groups in total. The van der Waals surface area contributed by atoms with Crippen LogP contribution in [0.25, 0.3) is 10.9 Å². The molecule has 0 amide bonds. The molecule has 0 saturated heterocycles. The zero-order valence-corrected chi connectivity index (χ0v) is 11.1. The van der Waals surface area contributed by atoms with Crippen molar-refractivity contribution in [3.63, 3.8) is 0 Å².